The van der Waals surface area contributed by atoms with Gasteiger partial charge in [0, 0.05) is 44.9 Å². The van der Waals surface area contributed by atoms with Gasteiger partial charge >= 0.3 is 0 Å². The highest BCUT2D eigenvalue weighted by molar-refractivity contribution is 14.0. The summed E-state index contributed by atoms with van der Waals surface area (Å²) in [4.78, 5) is 4.56. The predicted molar refractivity (Wildman–Crippen MR) is 101 cm³/mol. The van der Waals surface area contributed by atoms with E-state index in [-0.39, 0.29) is 24.0 Å². The van der Waals surface area contributed by atoms with Crippen molar-refractivity contribution in [2.45, 2.75) is 33.4 Å². The first-order chi connectivity index (χ1) is 10.7. The SMILES string of the molecule is CCNC(=NCc1cnn(C)c1)NCCn1cnnc1CC.I. The zero-order chi connectivity index (χ0) is 15.8. The molecule has 0 bridgehead atoms. The molecule has 2 aromatic rings. The molecule has 0 spiro atoms. The van der Waals surface area contributed by atoms with E-state index in [1.807, 2.05) is 19.4 Å². The fourth-order valence-corrected chi connectivity index (χ4v) is 2.10. The lowest BCUT2D eigenvalue weighted by Crippen LogP contribution is -2.38. The summed E-state index contributed by atoms with van der Waals surface area (Å²) < 4.78 is 3.83. The van der Waals surface area contributed by atoms with Crippen LogP contribution < -0.4 is 10.6 Å². The van der Waals surface area contributed by atoms with Crippen molar-refractivity contribution in [3.8, 4) is 0 Å². The summed E-state index contributed by atoms with van der Waals surface area (Å²) in [6.07, 6.45) is 6.45. The minimum atomic E-state index is 0. The monoisotopic (exact) mass is 432 g/mol. The van der Waals surface area contributed by atoms with E-state index in [1.54, 1.807) is 11.0 Å². The summed E-state index contributed by atoms with van der Waals surface area (Å²) >= 11 is 0. The summed E-state index contributed by atoms with van der Waals surface area (Å²) in [5.74, 6) is 1.80. The van der Waals surface area contributed by atoms with Crippen LogP contribution >= 0.6 is 24.0 Å². The highest BCUT2D eigenvalue weighted by Crippen LogP contribution is 1.98. The third-order valence-electron chi connectivity index (χ3n) is 3.18. The minimum Gasteiger partial charge on any atom is -0.357 e. The van der Waals surface area contributed by atoms with Crippen LogP contribution in [0.5, 0.6) is 0 Å². The maximum Gasteiger partial charge on any atom is 0.191 e. The van der Waals surface area contributed by atoms with Crippen LogP contribution in [0.2, 0.25) is 0 Å². The molecule has 0 amide bonds. The van der Waals surface area contributed by atoms with Crippen LogP contribution in [0.3, 0.4) is 0 Å². The van der Waals surface area contributed by atoms with Gasteiger partial charge in [-0.3, -0.25) is 4.68 Å². The molecule has 0 saturated carbocycles. The van der Waals surface area contributed by atoms with Crippen molar-refractivity contribution in [1.82, 2.24) is 35.2 Å². The number of nitrogens with one attached hydrogen (secondary N) is 2. The zero-order valence-electron chi connectivity index (χ0n) is 13.9. The van der Waals surface area contributed by atoms with Crippen LogP contribution in [0.25, 0.3) is 0 Å². The molecule has 0 aliphatic heterocycles. The molecule has 8 nitrogen and oxygen atoms in total. The maximum absolute atomic E-state index is 4.56. The summed E-state index contributed by atoms with van der Waals surface area (Å²) in [7, 11) is 1.90. The molecule has 0 atom stereocenters. The Morgan fingerprint density at radius 1 is 1.30 bits per heavy atom. The molecular weight excluding hydrogens is 407 g/mol. The summed E-state index contributed by atoms with van der Waals surface area (Å²) in [6, 6.07) is 0. The fraction of sp³-hybridized carbons (Fsp3) is 0.571. The number of rotatable bonds is 7. The molecule has 0 radical (unpaired) electrons. The molecule has 0 aliphatic carbocycles. The van der Waals surface area contributed by atoms with Gasteiger partial charge in [-0.05, 0) is 6.92 Å². The lowest BCUT2D eigenvalue weighted by atomic mass is 10.4. The topological polar surface area (TPSA) is 85.0 Å². The Bertz CT molecular complexity index is 603. The van der Waals surface area contributed by atoms with E-state index >= 15 is 0 Å². The molecule has 2 rings (SSSR count). The van der Waals surface area contributed by atoms with E-state index in [0.717, 1.165) is 43.4 Å². The minimum absolute atomic E-state index is 0. The van der Waals surface area contributed by atoms with Gasteiger partial charge in [0.1, 0.15) is 12.2 Å². The Morgan fingerprint density at radius 2 is 2.13 bits per heavy atom. The number of hydrogen-bond donors (Lipinski definition) is 2. The van der Waals surface area contributed by atoms with Gasteiger partial charge < -0.3 is 15.2 Å². The van der Waals surface area contributed by atoms with Crippen LogP contribution in [-0.4, -0.2) is 43.6 Å². The molecular formula is C14H25IN8. The number of aliphatic imine (C=N–C) groups is 1. The molecule has 0 aliphatic rings. The van der Waals surface area contributed by atoms with Crippen LogP contribution in [0.4, 0.5) is 0 Å². The van der Waals surface area contributed by atoms with E-state index in [4.69, 9.17) is 0 Å². The largest absolute Gasteiger partial charge is 0.357 e. The van der Waals surface area contributed by atoms with Gasteiger partial charge in [0.05, 0.1) is 12.7 Å². The summed E-state index contributed by atoms with van der Waals surface area (Å²) in [6.45, 7) is 7.14. The van der Waals surface area contributed by atoms with Crippen molar-refractivity contribution in [2.75, 3.05) is 13.1 Å². The first-order valence-electron chi connectivity index (χ1n) is 7.59. The van der Waals surface area contributed by atoms with E-state index in [2.05, 4.69) is 49.3 Å². The van der Waals surface area contributed by atoms with Gasteiger partial charge in [-0.25, -0.2) is 4.99 Å². The summed E-state index contributed by atoms with van der Waals surface area (Å²) in [5, 5.41) is 18.7. The van der Waals surface area contributed by atoms with Gasteiger partial charge in [0.2, 0.25) is 0 Å². The lowest BCUT2D eigenvalue weighted by Gasteiger charge is -2.12. The molecule has 2 heterocycles. The second-order valence-electron chi connectivity index (χ2n) is 4.94. The van der Waals surface area contributed by atoms with Crippen molar-refractivity contribution < 1.29 is 0 Å². The maximum atomic E-state index is 4.56. The van der Waals surface area contributed by atoms with Crippen molar-refractivity contribution in [2.24, 2.45) is 12.0 Å². The van der Waals surface area contributed by atoms with Gasteiger partial charge in [-0.15, -0.1) is 34.2 Å². The third-order valence-corrected chi connectivity index (χ3v) is 3.18. The number of aryl methyl sites for hydroxylation is 2. The van der Waals surface area contributed by atoms with E-state index in [0.29, 0.717) is 6.54 Å². The molecule has 2 N–H and O–H groups in total. The Balaban J connectivity index is 0.00000264. The second-order valence-corrected chi connectivity index (χ2v) is 4.94. The number of hydrogen-bond acceptors (Lipinski definition) is 4. The highest BCUT2D eigenvalue weighted by Gasteiger charge is 2.02. The van der Waals surface area contributed by atoms with Gasteiger partial charge in [-0.2, -0.15) is 5.10 Å². The molecule has 2 aromatic heterocycles. The Labute approximate surface area is 153 Å². The molecule has 0 saturated heterocycles. The van der Waals surface area contributed by atoms with Gasteiger partial charge in [0.25, 0.3) is 0 Å². The average molecular weight is 432 g/mol. The highest BCUT2D eigenvalue weighted by atomic mass is 127. The number of guanidine groups is 1. The normalized spacial score (nSPS) is 11.2. The molecule has 23 heavy (non-hydrogen) atoms. The zero-order valence-corrected chi connectivity index (χ0v) is 16.2. The summed E-state index contributed by atoms with van der Waals surface area (Å²) in [5.41, 5.74) is 1.09. The van der Waals surface area contributed by atoms with E-state index in [9.17, 15) is 0 Å². The van der Waals surface area contributed by atoms with Crippen LogP contribution in [-0.2, 0) is 26.6 Å². The van der Waals surface area contributed by atoms with E-state index in [1.165, 1.54) is 0 Å². The quantitative estimate of drug-likeness (QED) is 0.387. The molecule has 0 aromatic carbocycles. The Morgan fingerprint density at radius 3 is 2.78 bits per heavy atom. The Kier molecular flexibility index (Phi) is 8.59. The van der Waals surface area contributed by atoms with Crippen molar-refractivity contribution in [3.63, 3.8) is 0 Å². The fourth-order valence-electron chi connectivity index (χ4n) is 2.10. The van der Waals surface area contributed by atoms with Gasteiger partial charge in [-0.1, -0.05) is 6.92 Å². The van der Waals surface area contributed by atoms with Crippen molar-refractivity contribution in [3.05, 3.63) is 30.1 Å². The Hall–Kier alpha value is -1.65. The van der Waals surface area contributed by atoms with Crippen LogP contribution in [0, 0.1) is 0 Å². The average Bonchev–Trinajstić information content (AvgIpc) is 3.13. The number of halogens is 1. The standard InChI is InChI=1S/C14H24N8.HI/c1-4-13-20-18-11-22(13)7-6-16-14(15-5-2)17-8-12-9-19-21(3)10-12;/h9-11H,4-8H2,1-3H3,(H2,15,16,17);1H. The first kappa shape index (κ1) is 19.4. The van der Waals surface area contributed by atoms with Crippen LogP contribution in [0.1, 0.15) is 25.2 Å². The lowest BCUT2D eigenvalue weighted by molar-refractivity contribution is 0.632. The van der Waals surface area contributed by atoms with E-state index < -0.39 is 0 Å². The predicted octanol–water partition coefficient (Wildman–Crippen LogP) is 0.947. The first-order valence-corrected chi connectivity index (χ1v) is 7.59. The second kappa shape index (κ2) is 10.2. The molecule has 0 unspecified atom stereocenters. The van der Waals surface area contributed by atoms with Crippen molar-refractivity contribution >= 4 is 29.9 Å². The third kappa shape index (κ3) is 6.16. The number of nitrogens with zero attached hydrogens (tertiary/aromatic N) is 6. The molecule has 128 valence electrons. The van der Waals surface area contributed by atoms with Crippen molar-refractivity contribution in [1.29, 1.82) is 0 Å². The van der Waals surface area contributed by atoms with Crippen LogP contribution in [0.15, 0.2) is 23.7 Å². The van der Waals surface area contributed by atoms with Gasteiger partial charge in [0.15, 0.2) is 5.96 Å². The molecule has 9 heteroatoms. The smallest absolute Gasteiger partial charge is 0.191 e. The molecule has 0 fully saturated rings. The number of aromatic nitrogens is 5.